The van der Waals surface area contributed by atoms with Crippen LogP contribution in [0, 0.1) is 6.92 Å². The fraction of sp³-hybridized carbons (Fsp3) is 0.227. The number of carbonyl (C=O) groups excluding carboxylic acids is 2. The Balaban J connectivity index is 1.68. The predicted molar refractivity (Wildman–Crippen MR) is 106 cm³/mol. The molecular weight excluding hydrogens is 354 g/mol. The first kappa shape index (κ1) is 18.0. The number of para-hydroxylation sites is 2. The van der Waals surface area contributed by atoms with Crippen LogP contribution in [0.3, 0.4) is 0 Å². The van der Waals surface area contributed by atoms with Gasteiger partial charge in [-0.1, -0.05) is 36.4 Å². The molecular formula is C22H21N3O3. The van der Waals surface area contributed by atoms with Gasteiger partial charge in [-0.3, -0.25) is 9.59 Å². The summed E-state index contributed by atoms with van der Waals surface area (Å²) >= 11 is 0. The van der Waals surface area contributed by atoms with Crippen molar-refractivity contribution in [3.05, 3.63) is 77.6 Å². The van der Waals surface area contributed by atoms with Gasteiger partial charge in [0.1, 0.15) is 0 Å². The van der Waals surface area contributed by atoms with E-state index in [9.17, 15) is 9.59 Å². The zero-order valence-electron chi connectivity index (χ0n) is 15.8. The second-order valence-electron chi connectivity index (χ2n) is 6.80. The van der Waals surface area contributed by atoms with E-state index in [1.807, 2.05) is 61.5 Å². The SMILES string of the molecule is COC(=O)C1CCN(C(=O)c2cc(C)n(-c3ccccc3)n2)c2ccccc21. The Morgan fingerprint density at radius 1 is 1.07 bits per heavy atom. The first-order valence-electron chi connectivity index (χ1n) is 9.21. The van der Waals surface area contributed by atoms with Crippen LogP contribution in [0.1, 0.15) is 34.1 Å². The summed E-state index contributed by atoms with van der Waals surface area (Å²) in [4.78, 5) is 27.1. The standard InChI is InChI=1S/C22H21N3O3/c1-15-14-19(23-25(15)16-8-4-3-5-9-16)21(26)24-13-12-18(22(27)28-2)17-10-6-7-11-20(17)24/h3-11,14,18H,12-13H2,1-2H3. The Bertz CT molecular complexity index is 1030. The van der Waals surface area contributed by atoms with Gasteiger partial charge in [-0.25, -0.2) is 4.68 Å². The molecule has 28 heavy (non-hydrogen) atoms. The maximum absolute atomic E-state index is 13.2. The predicted octanol–water partition coefficient (Wildman–Crippen LogP) is 3.49. The van der Waals surface area contributed by atoms with Crippen molar-refractivity contribution in [2.45, 2.75) is 19.3 Å². The van der Waals surface area contributed by atoms with Crippen molar-refractivity contribution in [3.63, 3.8) is 0 Å². The van der Waals surface area contributed by atoms with E-state index in [2.05, 4.69) is 5.10 Å². The van der Waals surface area contributed by atoms with Crippen LogP contribution in [0.4, 0.5) is 5.69 Å². The molecule has 0 saturated carbocycles. The largest absolute Gasteiger partial charge is 0.469 e. The summed E-state index contributed by atoms with van der Waals surface area (Å²) in [5.74, 6) is -0.800. The number of esters is 1. The maximum atomic E-state index is 13.2. The van der Waals surface area contributed by atoms with E-state index in [1.54, 1.807) is 15.6 Å². The van der Waals surface area contributed by atoms with Crippen molar-refractivity contribution in [1.82, 2.24) is 9.78 Å². The summed E-state index contributed by atoms with van der Waals surface area (Å²) in [5, 5.41) is 4.53. The fourth-order valence-electron chi connectivity index (χ4n) is 3.71. The van der Waals surface area contributed by atoms with Gasteiger partial charge in [0.05, 0.1) is 18.7 Å². The average molecular weight is 375 g/mol. The van der Waals surface area contributed by atoms with Crippen molar-refractivity contribution in [2.75, 3.05) is 18.6 Å². The molecule has 0 saturated heterocycles. The van der Waals surface area contributed by atoms with E-state index >= 15 is 0 Å². The molecule has 0 N–H and O–H groups in total. The molecule has 1 aliphatic rings. The van der Waals surface area contributed by atoms with Gasteiger partial charge in [0, 0.05) is 17.9 Å². The minimum Gasteiger partial charge on any atom is -0.469 e. The number of aromatic nitrogens is 2. The van der Waals surface area contributed by atoms with Gasteiger partial charge in [0.25, 0.3) is 5.91 Å². The highest BCUT2D eigenvalue weighted by Gasteiger charge is 2.34. The molecule has 2 heterocycles. The quantitative estimate of drug-likeness (QED) is 0.658. The number of fused-ring (bicyclic) bond motifs is 1. The molecule has 6 heteroatoms. The second kappa shape index (κ2) is 7.31. The van der Waals surface area contributed by atoms with Crippen LogP contribution >= 0.6 is 0 Å². The molecule has 1 atom stereocenters. The van der Waals surface area contributed by atoms with E-state index in [4.69, 9.17) is 4.74 Å². The smallest absolute Gasteiger partial charge is 0.313 e. The number of ether oxygens (including phenoxy) is 1. The summed E-state index contributed by atoms with van der Waals surface area (Å²) in [6.45, 7) is 2.36. The van der Waals surface area contributed by atoms with Crippen molar-refractivity contribution < 1.29 is 14.3 Å². The highest BCUT2D eigenvalue weighted by molar-refractivity contribution is 6.06. The van der Waals surface area contributed by atoms with Crippen molar-refractivity contribution in [1.29, 1.82) is 0 Å². The second-order valence-corrected chi connectivity index (χ2v) is 6.80. The minimum absolute atomic E-state index is 0.173. The van der Waals surface area contributed by atoms with Crippen LogP contribution in [0.25, 0.3) is 5.69 Å². The molecule has 0 radical (unpaired) electrons. The topological polar surface area (TPSA) is 64.4 Å². The lowest BCUT2D eigenvalue weighted by Gasteiger charge is -2.32. The number of carbonyl (C=O) groups is 2. The molecule has 0 spiro atoms. The fourth-order valence-corrected chi connectivity index (χ4v) is 3.71. The third kappa shape index (κ3) is 3.07. The Morgan fingerprint density at radius 3 is 2.54 bits per heavy atom. The summed E-state index contributed by atoms with van der Waals surface area (Å²) in [6.07, 6.45) is 0.522. The highest BCUT2D eigenvalue weighted by Crippen LogP contribution is 2.36. The van der Waals surface area contributed by atoms with Gasteiger partial charge in [-0.2, -0.15) is 5.10 Å². The minimum atomic E-state index is -0.353. The molecule has 0 bridgehead atoms. The number of rotatable bonds is 3. The first-order valence-corrected chi connectivity index (χ1v) is 9.21. The normalized spacial score (nSPS) is 15.8. The van der Waals surface area contributed by atoms with Crippen LogP contribution < -0.4 is 4.90 Å². The number of amides is 1. The highest BCUT2D eigenvalue weighted by atomic mass is 16.5. The molecule has 142 valence electrons. The number of methoxy groups -OCH3 is 1. The van der Waals surface area contributed by atoms with Crippen LogP contribution in [-0.4, -0.2) is 35.3 Å². The molecule has 3 aromatic rings. The van der Waals surface area contributed by atoms with Crippen molar-refractivity contribution in [3.8, 4) is 5.69 Å². The van der Waals surface area contributed by atoms with Crippen molar-refractivity contribution in [2.24, 2.45) is 0 Å². The first-order chi connectivity index (χ1) is 13.6. The number of benzene rings is 2. The summed E-state index contributed by atoms with van der Waals surface area (Å²) in [7, 11) is 1.39. The van der Waals surface area contributed by atoms with Crippen LogP contribution in [-0.2, 0) is 9.53 Å². The van der Waals surface area contributed by atoms with E-state index < -0.39 is 0 Å². The van der Waals surface area contributed by atoms with E-state index in [-0.39, 0.29) is 17.8 Å². The Hall–Kier alpha value is -3.41. The van der Waals surface area contributed by atoms with Crippen molar-refractivity contribution >= 4 is 17.6 Å². The van der Waals surface area contributed by atoms with Crippen LogP contribution in [0.2, 0.25) is 0 Å². The van der Waals surface area contributed by atoms with Crippen LogP contribution in [0.15, 0.2) is 60.7 Å². The molecule has 1 amide bonds. The summed E-state index contributed by atoms with van der Waals surface area (Å²) in [5.41, 5.74) is 3.72. The van der Waals surface area contributed by atoms with E-state index in [0.717, 1.165) is 22.6 Å². The van der Waals surface area contributed by atoms with E-state index in [1.165, 1.54) is 7.11 Å². The summed E-state index contributed by atoms with van der Waals surface area (Å²) < 4.78 is 6.70. The lowest BCUT2D eigenvalue weighted by molar-refractivity contribution is -0.142. The molecule has 1 aliphatic heterocycles. The third-order valence-corrected chi connectivity index (χ3v) is 5.08. The molecule has 0 aliphatic carbocycles. The average Bonchev–Trinajstić information content (AvgIpc) is 3.14. The third-order valence-electron chi connectivity index (χ3n) is 5.08. The van der Waals surface area contributed by atoms with Gasteiger partial charge < -0.3 is 9.64 Å². The zero-order chi connectivity index (χ0) is 19.7. The number of aryl methyl sites for hydroxylation is 1. The van der Waals surface area contributed by atoms with Gasteiger partial charge in [-0.15, -0.1) is 0 Å². The maximum Gasteiger partial charge on any atom is 0.313 e. The van der Waals surface area contributed by atoms with Gasteiger partial charge >= 0.3 is 5.97 Å². The molecule has 4 rings (SSSR count). The van der Waals surface area contributed by atoms with Gasteiger partial charge in [-0.05, 0) is 43.2 Å². The molecule has 2 aromatic carbocycles. The monoisotopic (exact) mass is 375 g/mol. The Morgan fingerprint density at radius 2 is 1.79 bits per heavy atom. The van der Waals surface area contributed by atoms with Gasteiger partial charge in [0.15, 0.2) is 5.69 Å². The number of anilines is 1. The number of hydrogen-bond acceptors (Lipinski definition) is 4. The molecule has 1 aromatic heterocycles. The Kier molecular flexibility index (Phi) is 4.69. The lowest BCUT2D eigenvalue weighted by Crippen LogP contribution is -2.38. The lowest BCUT2D eigenvalue weighted by atomic mass is 9.89. The van der Waals surface area contributed by atoms with Crippen LogP contribution in [0.5, 0.6) is 0 Å². The number of nitrogens with zero attached hydrogens (tertiary/aromatic N) is 3. The molecule has 1 unspecified atom stereocenters. The zero-order valence-corrected chi connectivity index (χ0v) is 15.8. The van der Waals surface area contributed by atoms with Gasteiger partial charge in [0.2, 0.25) is 0 Å². The number of hydrogen-bond donors (Lipinski definition) is 0. The Labute approximate surface area is 163 Å². The summed E-state index contributed by atoms with van der Waals surface area (Å²) in [6, 6.07) is 19.0. The van der Waals surface area contributed by atoms with E-state index in [0.29, 0.717) is 18.7 Å². The molecule has 6 nitrogen and oxygen atoms in total. The molecule has 0 fully saturated rings.